The molecule has 0 unspecified atom stereocenters. The van der Waals surface area contributed by atoms with Crippen molar-refractivity contribution in [3.8, 4) is 5.75 Å². The van der Waals surface area contributed by atoms with E-state index in [-0.39, 0.29) is 5.75 Å². The molecule has 7 heteroatoms. The number of rotatable bonds is 3. The van der Waals surface area contributed by atoms with Gasteiger partial charge in [-0.25, -0.2) is 0 Å². The van der Waals surface area contributed by atoms with Gasteiger partial charge >= 0.3 is 0 Å². The molecule has 0 atom stereocenters. The number of oxime groups is 1. The summed E-state index contributed by atoms with van der Waals surface area (Å²) in [5.41, 5.74) is 2.50. The normalized spacial score (nSPS) is 12.1. The van der Waals surface area contributed by atoms with Gasteiger partial charge in [0.1, 0.15) is 22.8 Å². The van der Waals surface area contributed by atoms with Crippen LogP contribution in [0.1, 0.15) is 23.8 Å². The number of phenols is 1. The number of furan rings is 1. The minimum Gasteiger partial charge on any atom is -0.506 e. The molecule has 0 aliphatic rings. The molecule has 0 spiro atoms. The second kappa shape index (κ2) is 7.09. The van der Waals surface area contributed by atoms with Gasteiger partial charge in [-0.1, -0.05) is 23.7 Å². The highest BCUT2D eigenvalue weighted by atomic mass is 127. The Hall–Kier alpha value is -1.000. The minimum atomic E-state index is 0.219. The zero-order valence-electron chi connectivity index (χ0n) is 12.5. The van der Waals surface area contributed by atoms with Crippen molar-refractivity contribution in [1.82, 2.24) is 0 Å². The monoisotopic (exact) mass is 567 g/mol. The van der Waals surface area contributed by atoms with E-state index in [2.05, 4.69) is 50.3 Å². The van der Waals surface area contributed by atoms with Gasteiger partial charge in [-0.05, 0) is 69.4 Å². The molecule has 2 N–H and O–H groups in total. The Balaban J connectivity index is 2.28. The fraction of sp³-hybridized carbons (Fsp3) is 0.118. The largest absolute Gasteiger partial charge is 0.506 e. The van der Waals surface area contributed by atoms with E-state index in [1.807, 2.05) is 13.0 Å². The highest BCUT2D eigenvalue weighted by Gasteiger charge is 2.21. The summed E-state index contributed by atoms with van der Waals surface area (Å²) in [7, 11) is 0. The van der Waals surface area contributed by atoms with Crippen LogP contribution in [-0.4, -0.2) is 16.0 Å². The molecule has 1 aromatic heterocycles. The first-order valence-electron chi connectivity index (χ1n) is 7.08. The highest BCUT2D eigenvalue weighted by Crippen LogP contribution is 2.33. The number of halogens is 3. The van der Waals surface area contributed by atoms with Gasteiger partial charge in [-0.3, -0.25) is 0 Å². The summed E-state index contributed by atoms with van der Waals surface area (Å²) < 4.78 is 7.26. The van der Waals surface area contributed by atoms with Crippen molar-refractivity contribution in [3.63, 3.8) is 0 Å². The third-order valence-corrected chi connectivity index (χ3v) is 5.55. The average Bonchev–Trinajstić information content (AvgIpc) is 2.91. The highest BCUT2D eigenvalue weighted by molar-refractivity contribution is 14.1. The number of aromatic hydroxyl groups is 1. The van der Waals surface area contributed by atoms with Crippen molar-refractivity contribution < 1.29 is 14.7 Å². The van der Waals surface area contributed by atoms with Crippen LogP contribution in [0.15, 0.2) is 39.9 Å². The first kappa shape index (κ1) is 17.8. The van der Waals surface area contributed by atoms with Crippen molar-refractivity contribution in [1.29, 1.82) is 0 Å². The summed E-state index contributed by atoms with van der Waals surface area (Å²) in [5.74, 6) is 0.940. The maximum atomic E-state index is 9.97. The maximum absolute atomic E-state index is 9.97. The summed E-state index contributed by atoms with van der Waals surface area (Å²) in [6.45, 7) is 1.97. The topological polar surface area (TPSA) is 66.0 Å². The molecule has 3 rings (SSSR count). The Labute approximate surface area is 170 Å². The van der Waals surface area contributed by atoms with Crippen LogP contribution in [0.3, 0.4) is 0 Å². The van der Waals surface area contributed by atoms with Crippen LogP contribution in [-0.2, 0) is 6.42 Å². The first-order valence-corrected chi connectivity index (χ1v) is 9.61. The predicted molar refractivity (Wildman–Crippen MR) is 112 cm³/mol. The smallest absolute Gasteiger partial charge is 0.142 e. The number of fused-ring (bicyclic) bond motifs is 1. The number of nitrogens with zero attached hydrogens (tertiary/aromatic N) is 1. The van der Waals surface area contributed by atoms with Crippen molar-refractivity contribution in [3.05, 3.63) is 59.4 Å². The van der Waals surface area contributed by atoms with Crippen LogP contribution in [0.25, 0.3) is 11.0 Å². The number of aryl methyl sites for hydroxylation is 1. The van der Waals surface area contributed by atoms with Crippen LogP contribution in [0.4, 0.5) is 0 Å². The van der Waals surface area contributed by atoms with Crippen LogP contribution < -0.4 is 0 Å². The Kier molecular flexibility index (Phi) is 5.26. The van der Waals surface area contributed by atoms with E-state index < -0.39 is 0 Å². The van der Waals surface area contributed by atoms with Gasteiger partial charge in [-0.2, -0.15) is 0 Å². The summed E-state index contributed by atoms with van der Waals surface area (Å²) in [6, 6.07) is 8.94. The lowest BCUT2D eigenvalue weighted by molar-refractivity contribution is 0.319. The molecule has 3 aromatic rings. The Morgan fingerprint density at radius 1 is 1.21 bits per heavy atom. The van der Waals surface area contributed by atoms with E-state index in [0.29, 0.717) is 35.4 Å². The number of hydrogen-bond donors (Lipinski definition) is 2. The summed E-state index contributed by atoms with van der Waals surface area (Å²) in [4.78, 5) is 0. The second-order valence-corrected chi connectivity index (χ2v) is 7.89. The average molecular weight is 568 g/mol. The maximum Gasteiger partial charge on any atom is 0.142 e. The van der Waals surface area contributed by atoms with E-state index >= 15 is 0 Å². The summed E-state index contributed by atoms with van der Waals surface area (Å²) in [5, 5.41) is 24.6. The van der Waals surface area contributed by atoms with Gasteiger partial charge in [0.05, 0.1) is 12.7 Å². The molecule has 0 amide bonds. The molecule has 0 saturated carbocycles. The molecular formula is C17H12ClI2NO3. The molecule has 24 heavy (non-hydrogen) atoms. The lowest BCUT2D eigenvalue weighted by Gasteiger charge is -2.09. The fourth-order valence-corrected chi connectivity index (χ4v) is 4.51. The van der Waals surface area contributed by atoms with Gasteiger partial charge in [-0.15, -0.1) is 0 Å². The number of benzene rings is 2. The molecule has 124 valence electrons. The van der Waals surface area contributed by atoms with Crippen molar-refractivity contribution in [2.24, 2.45) is 5.16 Å². The quantitative estimate of drug-likeness (QED) is 0.182. The lowest BCUT2D eigenvalue weighted by atomic mass is 9.98. The summed E-state index contributed by atoms with van der Waals surface area (Å²) >= 11 is 10.1. The molecule has 4 nitrogen and oxygen atoms in total. The van der Waals surface area contributed by atoms with Crippen molar-refractivity contribution in [2.75, 3.05) is 0 Å². The third kappa shape index (κ3) is 3.11. The van der Waals surface area contributed by atoms with Crippen LogP contribution in [0.2, 0.25) is 5.02 Å². The first-order chi connectivity index (χ1) is 11.5. The lowest BCUT2D eigenvalue weighted by Crippen LogP contribution is -2.06. The Bertz CT molecular complexity index is 943. The Morgan fingerprint density at radius 3 is 2.46 bits per heavy atom. The second-order valence-electron chi connectivity index (χ2n) is 5.13. The molecule has 0 aliphatic heterocycles. The van der Waals surface area contributed by atoms with E-state index in [9.17, 15) is 10.3 Å². The molecule has 0 bridgehead atoms. The van der Waals surface area contributed by atoms with Crippen molar-refractivity contribution in [2.45, 2.75) is 13.3 Å². The van der Waals surface area contributed by atoms with Gasteiger partial charge in [0.2, 0.25) is 0 Å². The number of hydrogen-bond acceptors (Lipinski definition) is 4. The van der Waals surface area contributed by atoms with Crippen LogP contribution >= 0.6 is 56.8 Å². The zero-order valence-corrected chi connectivity index (χ0v) is 17.5. The molecule has 0 fully saturated rings. The van der Waals surface area contributed by atoms with E-state index in [1.54, 1.807) is 24.3 Å². The minimum absolute atomic E-state index is 0.219. The number of phenolic OH excluding ortho intramolecular Hbond substituents is 1. The predicted octanol–water partition coefficient (Wildman–Crippen LogP) is 5.79. The molecular weight excluding hydrogens is 555 g/mol. The molecule has 0 radical (unpaired) electrons. The molecule has 0 aliphatic carbocycles. The fourth-order valence-electron chi connectivity index (χ4n) is 2.58. The van der Waals surface area contributed by atoms with E-state index in [4.69, 9.17) is 16.0 Å². The molecule has 0 saturated heterocycles. The van der Waals surface area contributed by atoms with Gasteiger partial charge < -0.3 is 14.7 Å². The van der Waals surface area contributed by atoms with E-state index in [1.165, 1.54) is 0 Å². The molecule has 2 aromatic carbocycles. The molecule has 1 heterocycles. The van der Waals surface area contributed by atoms with Gasteiger partial charge in [0, 0.05) is 28.5 Å². The van der Waals surface area contributed by atoms with Crippen LogP contribution in [0.5, 0.6) is 5.75 Å². The standard InChI is InChI=1S/C17H12ClI2NO3/c1-2-13-15(10-4-3-9(18)7-14(10)24-13)16(21-23)8-5-11(19)17(22)12(20)6-8/h3-7,22-23H,2H2,1H3/b21-16+. The third-order valence-electron chi connectivity index (χ3n) is 3.67. The zero-order chi connectivity index (χ0) is 17.4. The Morgan fingerprint density at radius 2 is 1.88 bits per heavy atom. The van der Waals surface area contributed by atoms with Crippen LogP contribution in [0, 0.1) is 7.14 Å². The SMILES string of the molecule is CCc1oc2cc(Cl)ccc2c1/C(=N/O)c1cc(I)c(O)c(I)c1. The van der Waals surface area contributed by atoms with Gasteiger partial charge in [0.15, 0.2) is 0 Å². The summed E-state index contributed by atoms with van der Waals surface area (Å²) in [6.07, 6.45) is 0.646. The van der Waals surface area contributed by atoms with Gasteiger partial charge in [0.25, 0.3) is 0 Å². The van der Waals surface area contributed by atoms with E-state index in [0.717, 1.165) is 16.7 Å². The van der Waals surface area contributed by atoms with Crippen molar-refractivity contribution >= 4 is 73.5 Å².